The Balaban J connectivity index is 1.35. The van der Waals surface area contributed by atoms with Crippen LogP contribution in [0, 0.1) is 30.1 Å². The first-order valence-corrected chi connectivity index (χ1v) is 9.52. The van der Waals surface area contributed by atoms with Crippen LogP contribution in [0.15, 0.2) is 4.52 Å². The highest BCUT2D eigenvalue weighted by Gasteiger charge is 2.51. The molecule has 0 atom stereocenters. The monoisotopic (exact) mass is 345 g/mol. The molecule has 6 heteroatoms. The molecule has 25 heavy (non-hydrogen) atoms. The van der Waals surface area contributed by atoms with E-state index in [1.165, 1.54) is 38.5 Å². The van der Waals surface area contributed by atoms with Crippen molar-refractivity contribution in [3.8, 4) is 0 Å². The maximum absolute atomic E-state index is 12.5. The van der Waals surface area contributed by atoms with E-state index in [0.717, 1.165) is 17.8 Å². The highest BCUT2D eigenvalue weighted by Crippen LogP contribution is 2.61. The lowest BCUT2D eigenvalue weighted by Gasteiger charge is -2.56. The van der Waals surface area contributed by atoms with Crippen LogP contribution in [0.4, 0.5) is 0 Å². The SMILES string of the molecule is CCc1noc(C)c1C(=O)NNC(=O)CC12CC3CC(CC(C3)C1)C2. The molecule has 0 radical (unpaired) electrons. The summed E-state index contributed by atoms with van der Waals surface area (Å²) in [5.41, 5.74) is 6.38. The Labute approximate surface area is 148 Å². The van der Waals surface area contributed by atoms with Crippen molar-refractivity contribution in [1.82, 2.24) is 16.0 Å². The molecule has 4 saturated carbocycles. The van der Waals surface area contributed by atoms with E-state index in [1.807, 2.05) is 6.92 Å². The molecule has 136 valence electrons. The number of hydrogen-bond acceptors (Lipinski definition) is 4. The van der Waals surface area contributed by atoms with Crippen molar-refractivity contribution in [2.24, 2.45) is 23.2 Å². The van der Waals surface area contributed by atoms with Gasteiger partial charge in [0.15, 0.2) is 0 Å². The lowest BCUT2D eigenvalue weighted by atomic mass is 9.49. The van der Waals surface area contributed by atoms with Gasteiger partial charge in [-0.15, -0.1) is 0 Å². The highest BCUT2D eigenvalue weighted by molar-refractivity contribution is 5.97. The quantitative estimate of drug-likeness (QED) is 0.822. The van der Waals surface area contributed by atoms with Crippen molar-refractivity contribution in [3.63, 3.8) is 0 Å². The zero-order valence-corrected chi connectivity index (χ0v) is 15.1. The summed E-state index contributed by atoms with van der Waals surface area (Å²) in [6.45, 7) is 3.62. The molecule has 0 spiro atoms. The molecular weight excluding hydrogens is 318 g/mol. The molecule has 0 aliphatic heterocycles. The topological polar surface area (TPSA) is 84.2 Å². The van der Waals surface area contributed by atoms with E-state index in [1.54, 1.807) is 6.92 Å². The molecule has 1 heterocycles. The number of carbonyl (C=O) groups is 2. The second kappa shape index (κ2) is 6.15. The molecule has 4 aliphatic rings. The third-order valence-corrected chi connectivity index (χ3v) is 6.51. The number of hydrazine groups is 1. The van der Waals surface area contributed by atoms with E-state index >= 15 is 0 Å². The van der Waals surface area contributed by atoms with Gasteiger partial charge in [-0.2, -0.15) is 0 Å². The Hall–Kier alpha value is -1.85. The number of aryl methyl sites for hydroxylation is 2. The molecule has 4 bridgehead atoms. The average Bonchev–Trinajstić information content (AvgIpc) is 2.91. The molecule has 0 unspecified atom stereocenters. The van der Waals surface area contributed by atoms with Crippen molar-refractivity contribution >= 4 is 11.8 Å². The third kappa shape index (κ3) is 3.07. The van der Waals surface area contributed by atoms with Crippen molar-refractivity contribution in [2.75, 3.05) is 0 Å². The molecule has 2 N–H and O–H groups in total. The summed E-state index contributed by atoms with van der Waals surface area (Å²) in [4.78, 5) is 24.8. The van der Waals surface area contributed by atoms with Crippen molar-refractivity contribution < 1.29 is 14.1 Å². The molecule has 0 saturated heterocycles. The van der Waals surface area contributed by atoms with Crippen LogP contribution in [0.2, 0.25) is 0 Å². The van der Waals surface area contributed by atoms with Crippen molar-refractivity contribution in [1.29, 1.82) is 0 Å². The van der Waals surface area contributed by atoms with E-state index in [-0.39, 0.29) is 17.2 Å². The Kier molecular flexibility index (Phi) is 4.08. The fourth-order valence-electron chi connectivity index (χ4n) is 6.03. The number of aromatic nitrogens is 1. The van der Waals surface area contributed by atoms with Gasteiger partial charge in [0.1, 0.15) is 11.3 Å². The van der Waals surface area contributed by atoms with E-state index in [4.69, 9.17) is 4.52 Å². The van der Waals surface area contributed by atoms with E-state index in [0.29, 0.717) is 29.9 Å². The lowest BCUT2D eigenvalue weighted by molar-refractivity contribution is -0.130. The van der Waals surface area contributed by atoms with Gasteiger partial charge in [0.05, 0.1) is 5.69 Å². The van der Waals surface area contributed by atoms with Gasteiger partial charge >= 0.3 is 0 Å². The predicted molar refractivity (Wildman–Crippen MR) is 91.4 cm³/mol. The van der Waals surface area contributed by atoms with Crippen molar-refractivity contribution in [3.05, 3.63) is 17.0 Å². The minimum absolute atomic E-state index is 0.0811. The predicted octanol–water partition coefficient (Wildman–Crippen LogP) is 2.91. The number of hydrogen-bond donors (Lipinski definition) is 2. The van der Waals surface area contributed by atoms with Gasteiger partial charge in [-0.25, -0.2) is 0 Å². The van der Waals surface area contributed by atoms with Gasteiger partial charge in [-0.1, -0.05) is 12.1 Å². The summed E-state index contributed by atoms with van der Waals surface area (Å²) in [7, 11) is 0. The highest BCUT2D eigenvalue weighted by atomic mass is 16.5. The maximum Gasteiger partial charge on any atom is 0.275 e. The molecule has 0 aromatic carbocycles. The maximum atomic E-state index is 12.5. The third-order valence-electron chi connectivity index (χ3n) is 6.51. The molecule has 2 amide bonds. The molecule has 1 aromatic heterocycles. The molecule has 4 fully saturated rings. The fourth-order valence-corrected chi connectivity index (χ4v) is 6.03. The zero-order chi connectivity index (χ0) is 17.6. The van der Waals surface area contributed by atoms with Crippen LogP contribution in [0.5, 0.6) is 0 Å². The summed E-state index contributed by atoms with van der Waals surface area (Å²) in [5.74, 6) is 2.50. The van der Waals surface area contributed by atoms with Gasteiger partial charge in [-0.05, 0) is 75.0 Å². The molecular formula is C19H27N3O3. The minimum atomic E-state index is -0.352. The average molecular weight is 345 g/mol. The summed E-state index contributed by atoms with van der Waals surface area (Å²) >= 11 is 0. The van der Waals surface area contributed by atoms with Gasteiger partial charge in [-0.3, -0.25) is 20.4 Å². The summed E-state index contributed by atoms with van der Waals surface area (Å²) in [6.07, 6.45) is 8.79. The first-order valence-electron chi connectivity index (χ1n) is 9.52. The van der Waals surface area contributed by atoms with Crippen molar-refractivity contribution in [2.45, 2.75) is 65.2 Å². The smallest absolute Gasteiger partial charge is 0.275 e. The van der Waals surface area contributed by atoms with Gasteiger partial charge < -0.3 is 4.52 Å². The minimum Gasteiger partial charge on any atom is -0.361 e. The van der Waals surface area contributed by atoms with Gasteiger partial charge in [0, 0.05) is 6.42 Å². The number of carbonyl (C=O) groups excluding carboxylic acids is 2. The molecule has 5 rings (SSSR count). The van der Waals surface area contributed by atoms with Crippen LogP contribution in [-0.2, 0) is 11.2 Å². The van der Waals surface area contributed by atoms with Gasteiger partial charge in [0.25, 0.3) is 5.91 Å². The summed E-state index contributed by atoms with van der Waals surface area (Å²) in [6, 6.07) is 0. The Bertz CT molecular complexity index is 659. The van der Waals surface area contributed by atoms with Crippen LogP contribution in [-0.4, -0.2) is 17.0 Å². The summed E-state index contributed by atoms with van der Waals surface area (Å²) < 4.78 is 5.08. The van der Waals surface area contributed by atoms with Crippen LogP contribution in [0.25, 0.3) is 0 Å². The van der Waals surface area contributed by atoms with Crippen LogP contribution in [0.1, 0.15) is 73.7 Å². The van der Waals surface area contributed by atoms with Crippen LogP contribution < -0.4 is 10.9 Å². The van der Waals surface area contributed by atoms with Crippen LogP contribution >= 0.6 is 0 Å². The van der Waals surface area contributed by atoms with E-state index in [9.17, 15) is 9.59 Å². The molecule has 6 nitrogen and oxygen atoms in total. The Morgan fingerprint density at radius 2 is 1.72 bits per heavy atom. The first kappa shape index (κ1) is 16.6. The second-order valence-electron chi connectivity index (χ2n) is 8.51. The number of amides is 2. The Morgan fingerprint density at radius 1 is 1.12 bits per heavy atom. The second-order valence-corrected chi connectivity index (χ2v) is 8.51. The standard InChI is InChI=1S/C19H27N3O3/c1-3-15-17(11(2)25-22-15)18(24)21-20-16(23)10-19-7-12-4-13(8-19)6-14(5-12)9-19/h12-14H,3-10H2,1-2H3,(H,20,23)(H,21,24). The number of nitrogens with one attached hydrogen (secondary N) is 2. The fraction of sp³-hybridized carbons (Fsp3) is 0.737. The Morgan fingerprint density at radius 3 is 2.28 bits per heavy atom. The van der Waals surface area contributed by atoms with Crippen LogP contribution in [0.3, 0.4) is 0 Å². The summed E-state index contributed by atoms with van der Waals surface area (Å²) in [5, 5.41) is 3.88. The molecule has 4 aliphatic carbocycles. The van der Waals surface area contributed by atoms with E-state index < -0.39 is 0 Å². The van der Waals surface area contributed by atoms with Gasteiger partial charge in [0.2, 0.25) is 5.91 Å². The first-order chi connectivity index (χ1) is 12.0. The normalized spacial score (nSPS) is 32.6. The lowest BCUT2D eigenvalue weighted by Crippen LogP contribution is -2.50. The number of rotatable bonds is 4. The van der Waals surface area contributed by atoms with E-state index in [2.05, 4.69) is 16.0 Å². The number of nitrogens with zero attached hydrogens (tertiary/aromatic N) is 1. The zero-order valence-electron chi connectivity index (χ0n) is 15.1. The largest absolute Gasteiger partial charge is 0.361 e. The molecule has 1 aromatic rings.